The number of aromatic nitrogens is 2. The number of rotatable bonds is 4. The van der Waals surface area contributed by atoms with E-state index in [9.17, 15) is 0 Å². The summed E-state index contributed by atoms with van der Waals surface area (Å²) in [6.45, 7) is 12.5. The highest BCUT2D eigenvalue weighted by Crippen LogP contribution is 2.26. The molecule has 2 rings (SSSR count). The minimum atomic E-state index is 0.205. The van der Waals surface area contributed by atoms with Gasteiger partial charge in [0.1, 0.15) is 5.82 Å². The van der Waals surface area contributed by atoms with Gasteiger partial charge in [0.25, 0.3) is 0 Å². The van der Waals surface area contributed by atoms with Crippen LogP contribution in [0, 0.1) is 0 Å². The maximum absolute atomic E-state index is 4.43. The van der Waals surface area contributed by atoms with E-state index in [-0.39, 0.29) is 11.1 Å². The van der Waals surface area contributed by atoms with E-state index in [4.69, 9.17) is 0 Å². The first kappa shape index (κ1) is 14.5. The average Bonchev–Trinajstić information content (AvgIpc) is 2.76. The number of hydrogen-bond acceptors (Lipinski definition) is 3. The lowest BCUT2D eigenvalue weighted by molar-refractivity contribution is 0.0248. The molecular formula is C15H28N4. The molecule has 1 unspecified atom stereocenters. The van der Waals surface area contributed by atoms with Gasteiger partial charge in [-0.3, -0.25) is 4.90 Å². The van der Waals surface area contributed by atoms with Crippen molar-refractivity contribution in [1.82, 2.24) is 19.8 Å². The van der Waals surface area contributed by atoms with Gasteiger partial charge in [-0.15, -0.1) is 0 Å². The first-order valence-electron chi connectivity index (χ1n) is 7.33. The molecule has 1 aromatic heterocycles. The molecule has 0 radical (unpaired) electrons. The van der Waals surface area contributed by atoms with E-state index >= 15 is 0 Å². The standard InChI is InChI=1S/C15H28N4/c1-6-15(4)11-17-14(2,3)12-19(15)9-7-13-16-8-10-18(13)5/h8,10,17H,6-7,9,11-12H2,1-5H3. The van der Waals surface area contributed by atoms with Crippen LogP contribution in [-0.2, 0) is 13.5 Å². The van der Waals surface area contributed by atoms with Crippen LogP contribution in [0.2, 0.25) is 0 Å². The number of piperazine rings is 1. The van der Waals surface area contributed by atoms with Crippen molar-refractivity contribution in [3.63, 3.8) is 0 Å². The topological polar surface area (TPSA) is 33.1 Å². The molecular weight excluding hydrogens is 236 g/mol. The molecule has 0 amide bonds. The monoisotopic (exact) mass is 264 g/mol. The van der Waals surface area contributed by atoms with Gasteiger partial charge in [-0.1, -0.05) is 6.92 Å². The van der Waals surface area contributed by atoms with E-state index in [1.165, 1.54) is 12.2 Å². The zero-order valence-electron chi connectivity index (χ0n) is 13.0. The van der Waals surface area contributed by atoms with Crippen molar-refractivity contribution in [2.75, 3.05) is 19.6 Å². The van der Waals surface area contributed by atoms with Gasteiger partial charge in [0, 0.05) is 56.6 Å². The summed E-state index contributed by atoms with van der Waals surface area (Å²) in [4.78, 5) is 7.07. The van der Waals surface area contributed by atoms with Crippen LogP contribution < -0.4 is 5.32 Å². The van der Waals surface area contributed by atoms with Crippen molar-refractivity contribution in [2.24, 2.45) is 7.05 Å². The Morgan fingerprint density at radius 2 is 2.11 bits per heavy atom. The summed E-state index contributed by atoms with van der Waals surface area (Å²) in [5.41, 5.74) is 0.469. The molecule has 1 aliphatic heterocycles. The second-order valence-corrected chi connectivity index (χ2v) is 6.71. The van der Waals surface area contributed by atoms with E-state index in [1.807, 2.05) is 12.4 Å². The maximum atomic E-state index is 4.43. The summed E-state index contributed by atoms with van der Waals surface area (Å²) in [5, 5.41) is 3.67. The fourth-order valence-electron chi connectivity index (χ4n) is 2.84. The molecule has 2 heterocycles. The van der Waals surface area contributed by atoms with Crippen molar-refractivity contribution in [2.45, 2.75) is 51.6 Å². The van der Waals surface area contributed by atoms with E-state index < -0.39 is 0 Å². The van der Waals surface area contributed by atoms with Crippen molar-refractivity contribution in [3.8, 4) is 0 Å². The van der Waals surface area contributed by atoms with E-state index in [0.717, 1.165) is 26.1 Å². The van der Waals surface area contributed by atoms with Gasteiger partial charge in [0.2, 0.25) is 0 Å². The number of imidazole rings is 1. The third-order valence-corrected chi connectivity index (χ3v) is 4.59. The normalized spacial score (nSPS) is 27.6. The zero-order chi connectivity index (χ0) is 14.1. The summed E-state index contributed by atoms with van der Waals surface area (Å²) in [6, 6.07) is 0. The summed E-state index contributed by atoms with van der Waals surface area (Å²) in [6.07, 6.45) is 6.11. The van der Waals surface area contributed by atoms with Crippen molar-refractivity contribution in [3.05, 3.63) is 18.2 Å². The Balaban J connectivity index is 2.04. The molecule has 0 aliphatic carbocycles. The van der Waals surface area contributed by atoms with Gasteiger partial charge in [-0.2, -0.15) is 0 Å². The summed E-state index contributed by atoms with van der Waals surface area (Å²) in [5.74, 6) is 1.18. The van der Waals surface area contributed by atoms with Crippen LogP contribution in [0.15, 0.2) is 12.4 Å². The van der Waals surface area contributed by atoms with Crippen LogP contribution in [0.1, 0.15) is 39.9 Å². The van der Waals surface area contributed by atoms with Crippen LogP contribution >= 0.6 is 0 Å². The molecule has 108 valence electrons. The van der Waals surface area contributed by atoms with E-state index in [0.29, 0.717) is 0 Å². The van der Waals surface area contributed by atoms with Gasteiger partial charge in [-0.25, -0.2) is 4.98 Å². The second kappa shape index (κ2) is 5.25. The molecule has 0 bridgehead atoms. The fourth-order valence-corrected chi connectivity index (χ4v) is 2.84. The lowest BCUT2D eigenvalue weighted by Gasteiger charge is -2.51. The minimum Gasteiger partial charge on any atom is -0.338 e. The van der Waals surface area contributed by atoms with Crippen molar-refractivity contribution >= 4 is 0 Å². The van der Waals surface area contributed by atoms with Gasteiger partial charge in [0.05, 0.1) is 0 Å². The molecule has 1 saturated heterocycles. The Hall–Kier alpha value is -0.870. The summed E-state index contributed by atoms with van der Waals surface area (Å²) < 4.78 is 2.12. The van der Waals surface area contributed by atoms with Gasteiger partial charge >= 0.3 is 0 Å². The minimum absolute atomic E-state index is 0.205. The second-order valence-electron chi connectivity index (χ2n) is 6.71. The van der Waals surface area contributed by atoms with Crippen LogP contribution in [0.4, 0.5) is 0 Å². The maximum Gasteiger partial charge on any atom is 0.109 e. The number of nitrogens with one attached hydrogen (secondary N) is 1. The average molecular weight is 264 g/mol. The fraction of sp³-hybridized carbons (Fsp3) is 0.800. The van der Waals surface area contributed by atoms with Crippen molar-refractivity contribution < 1.29 is 0 Å². The highest BCUT2D eigenvalue weighted by molar-refractivity contribution is 5.01. The van der Waals surface area contributed by atoms with Crippen LogP contribution in [-0.4, -0.2) is 45.2 Å². The van der Waals surface area contributed by atoms with E-state index in [2.05, 4.69) is 54.5 Å². The molecule has 1 aliphatic rings. The largest absolute Gasteiger partial charge is 0.338 e. The highest BCUT2D eigenvalue weighted by atomic mass is 15.3. The molecule has 1 fully saturated rings. The first-order valence-corrected chi connectivity index (χ1v) is 7.33. The number of nitrogens with zero attached hydrogens (tertiary/aromatic N) is 3. The SMILES string of the molecule is CCC1(C)CNC(C)(C)CN1CCc1nccn1C. The molecule has 4 nitrogen and oxygen atoms in total. The summed E-state index contributed by atoms with van der Waals surface area (Å²) in [7, 11) is 2.07. The van der Waals surface area contributed by atoms with Crippen LogP contribution in [0.3, 0.4) is 0 Å². The number of aryl methyl sites for hydroxylation is 1. The predicted octanol–water partition coefficient (Wildman–Crippen LogP) is 1.82. The van der Waals surface area contributed by atoms with Crippen LogP contribution in [0.25, 0.3) is 0 Å². The Kier molecular flexibility index (Phi) is 4.02. The Bertz CT molecular complexity index is 424. The third-order valence-electron chi connectivity index (χ3n) is 4.59. The Morgan fingerprint density at radius 3 is 2.68 bits per heavy atom. The lowest BCUT2D eigenvalue weighted by atomic mass is 9.88. The zero-order valence-corrected chi connectivity index (χ0v) is 13.0. The molecule has 1 N–H and O–H groups in total. The van der Waals surface area contributed by atoms with Crippen LogP contribution in [0.5, 0.6) is 0 Å². The molecule has 0 spiro atoms. The van der Waals surface area contributed by atoms with Gasteiger partial charge < -0.3 is 9.88 Å². The molecule has 4 heteroatoms. The summed E-state index contributed by atoms with van der Waals surface area (Å²) >= 11 is 0. The molecule has 1 atom stereocenters. The molecule has 0 aromatic carbocycles. The van der Waals surface area contributed by atoms with Crippen molar-refractivity contribution in [1.29, 1.82) is 0 Å². The van der Waals surface area contributed by atoms with Gasteiger partial charge in [0.15, 0.2) is 0 Å². The molecule has 0 saturated carbocycles. The van der Waals surface area contributed by atoms with Gasteiger partial charge in [-0.05, 0) is 27.2 Å². The predicted molar refractivity (Wildman–Crippen MR) is 79.3 cm³/mol. The molecule has 1 aromatic rings. The molecule has 19 heavy (non-hydrogen) atoms. The highest BCUT2D eigenvalue weighted by Gasteiger charge is 2.39. The van der Waals surface area contributed by atoms with E-state index in [1.54, 1.807) is 0 Å². The lowest BCUT2D eigenvalue weighted by Crippen LogP contribution is -2.67. The smallest absolute Gasteiger partial charge is 0.109 e. The Morgan fingerprint density at radius 1 is 1.37 bits per heavy atom. The Labute approximate surface area is 117 Å². The first-order chi connectivity index (χ1) is 8.86. The number of hydrogen-bond donors (Lipinski definition) is 1. The quantitative estimate of drug-likeness (QED) is 0.900. The third kappa shape index (κ3) is 3.18.